The van der Waals surface area contributed by atoms with Gasteiger partial charge in [0.15, 0.2) is 0 Å². The van der Waals surface area contributed by atoms with Gasteiger partial charge in [-0.15, -0.1) is 0 Å². The fourth-order valence-corrected chi connectivity index (χ4v) is 4.62. The molecule has 2 fully saturated rings. The number of fused-ring (bicyclic) bond motifs is 2. The van der Waals surface area contributed by atoms with Crippen molar-refractivity contribution in [2.75, 3.05) is 40.3 Å². The lowest BCUT2D eigenvalue weighted by atomic mass is 10.0. The molecular weight excluding hydrogens is 420 g/mol. The van der Waals surface area contributed by atoms with E-state index in [1.54, 1.807) is 0 Å². The molecule has 2 atom stereocenters. The Balaban J connectivity index is 0.000000182. The SMILES string of the molecule is CNC12CCCCN1C=CCCN2.CNC12CCCCN1C=CCCN2.O=S(=O)(O)O. The van der Waals surface area contributed by atoms with E-state index in [1.165, 1.54) is 51.6 Å². The Morgan fingerprint density at radius 2 is 1.19 bits per heavy atom. The second-order valence-electron chi connectivity index (χ2n) is 8.17. The van der Waals surface area contributed by atoms with E-state index in [9.17, 15) is 0 Å². The summed E-state index contributed by atoms with van der Waals surface area (Å²) in [6, 6.07) is 0. The zero-order chi connectivity index (χ0) is 22.8. The van der Waals surface area contributed by atoms with Crippen molar-refractivity contribution in [3.05, 3.63) is 24.6 Å². The molecule has 4 heterocycles. The zero-order valence-corrected chi connectivity index (χ0v) is 19.6. The summed E-state index contributed by atoms with van der Waals surface area (Å²) in [4.78, 5) is 4.81. The Hall–Kier alpha value is -1.21. The molecule has 0 spiro atoms. The van der Waals surface area contributed by atoms with E-state index in [4.69, 9.17) is 17.5 Å². The molecule has 2 unspecified atom stereocenters. The van der Waals surface area contributed by atoms with Gasteiger partial charge in [-0.25, -0.2) is 0 Å². The van der Waals surface area contributed by atoms with Crippen LogP contribution in [0.25, 0.3) is 0 Å². The number of nitrogens with zero attached hydrogens (tertiary/aromatic N) is 2. The molecule has 4 rings (SSSR count). The Labute approximate surface area is 187 Å². The standard InChI is InChI=1S/2C10H19N3.H2O4S/c2*1-11-10-6-2-4-8-13(10)9-5-3-7-12-10;1-5(2,3)4/h2*5,9,11-12H,2-4,6-8H2,1H3;(H2,1,2,3,4). The molecular formula is C20H40N6O4S. The van der Waals surface area contributed by atoms with Crippen molar-refractivity contribution in [1.82, 2.24) is 31.1 Å². The summed E-state index contributed by atoms with van der Waals surface area (Å²) in [5, 5.41) is 14.0. The number of hydrogen-bond acceptors (Lipinski definition) is 8. The molecule has 4 aliphatic heterocycles. The van der Waals surface area contributed by atoms with Gasteiger partial charge in [-0.3, -0.25) is 30.4 Å². The van der Waals surface area contributed by atoms with Gasteiger partial charge in [-0.1, -0.05) is 12.2 Å². The van der Waals surface area contributed by atoms with Crippen LogP contribution in [-0.2, 0) is 10.4 Å². The van der Waals surface area contributed by atoms with Gasteiger partial charge in [0.1, 0.15) is 11.6 Å². The lowest BCUT2D eigenvalue weighted by Gasteiger charge is -2.46. The Morgan fingerprint density at radius 1 is 0.806 bits per heavy atom. The highest BCUT2D eigenvalue weighted by Crippen LogP contribution is 2.25. The van der Waals surface area contributed by atoms with E-state index < -0.39 is 10.4 Å². The fourth-order valence-electron chi connectivity index (χ4n) is 4.62. The lowest BCUT2D eigenvalue weighted by Crippen LogP contribution is -2.66. The number of piperidine rings is 2. The molecule has 31 heavy (non-hydrogen) atoms. The molecule has 0 aromatic heterocycles. The van der Waals surface area contributed by atoms with E-state index in [1.807, 2.05) is 14.1 Å². The molecule has 0 aromatic carbocycles. The Morgan fingerprint density at radius 3 is 1.55 bits per heavy atom. The highest BCUT2D eigenvalue weighted by atomic mass is 32.3. The second kappa shape index (κ2) is 12.1. The van der Waals surface area contributed by atoms with Gasteiger partial charge >= 0.3 is 10.4 Å². The molecule has 0 bridgehead atoms. The van der Waals surface area contributed by atoms with Crippen molar-refractivity contribution < 1.29 is 17.5 Å². The van der Waals surface area contributed by atoms with Crippen molar-refractivity contribution in [2.24, 2.45) is 0 Å². The van der Waals surface area contributed by atoms with Gasteiger partial charge in [0.25, 0.3) is 0 Å². The molecule has 10 nitrogen and oxygen atoms in total. The molecule has 0 aliphatic carbocycles. The van der Waals surface area contributed by atoms with Crippen LogP contribution in [0.2, 0.25) is 0 Å². The van der Waals surface area contributed by atoms with Gasteiger partial charge in [0.2, 0.25) is 0 Å². The van der Waals surface area contributed by atoms with Gasteiger partial charge in [0.05, 0.1) is 0 Å². The van der Waals surface area contributed by atoms with Crippen molar-refractivity contribution in [3.8, 4) is 0 Å². The maximum absolute atomic E-state index is 8.74. The normalized spacial score (nSPS) is 30.5. The summed E-state index contributed by atoms with van der Waals surface area (Å²) < 4.78 is 31.6. The third kappa shape index (κ3) is 8.01. The molecule has 0 amide bonds. The summed E-state index contributed by atoms with van der Waals surface area (Å²) in [7, 11) is -0.574. The van der Waals surface area contributed by atoms with Crippen molar-refractivity contribution >= 4 is 10.4 Å². The minimum absolute atomic E-state index is 0.0469. The van der Waals surface area contributed by atoms with Crippen LogP contribution in [-0.4, -0.2) is 79.2 Å². The average Bonchev–Trinajstić information content (AvgIpc) is 3.10. The van der Waals surface area contributed by atoms with Crippen LogP contribution in [0.5, 0.6) is 0 Å². The summed E-state index contributed by atoms with van der Waals surface area (Å²) in [6.07, 6.45) is 19.0. The summed E-state index contributed by atoms with van der Waals surface area (Å²) >= 11 is 0. The van der Waals surface area contributed by atoms with Crippen LogP contribution in [0.15, 0.2) is 24.6 Å². The minimum atomic E-state index is -4.67. The molecule has 0 aromatic rings. The maximum atomic E-state index is 8.74. The molecule has 0 radical (unpaired) electrons. The fraction of sp³-hybridized carbons (Fsp3) is 0.800. The monoisotopic (exact) mass is 460 g/mol. The molecule has 11 heteroatoms. The third-order valence-corrected chi connectivity index (χ3v) is 6.21. The molecule has 4 aliphatic rings. The first-order chi connectivity index (χ1) is 14.7. The predicted molar refractivity (Wildman–Crippen MR) is 122 cm³/mol. The van der Waals surface area contributed by atoms with Crippen LogP contribution in [0.4, 0.5) is 0 Å². The largest absolute Gasteiger partial charge is 0.394 e. The van der Waals surface area contributed by atoms with E-state index in [2.05, 4.69) is 55.6 Å². The van der Waals surface area contributed by atoms with E-state index in [0.29, 0.717) is 0 Å². The average molecular weight is 461 g/mol. The number of rotatable bonds is 2. The molecule has 6 N–H and O–H groups in total. The van der Waals surface area contributed by atoms with Gasteiger partial charge < -0.3 is 9.80 Å². The Kier molecular flexibility index (Phi) is 10.2. The smallest absolute Gasteiger partial charge is 0.348 e. The Bertz CT molecular complexity index is 652. The first-order valence-electron chi connectivity index (χ1n) is 11.2. The van der Waals surface area contributed by atoms with E-state index >= 15 is 0 Å². The molecule has 180 valence electrons. The lowest BCUT2D eigenvalue weighted by molar-refractivity contribution is 0.0384. The summed E-state index contributed by atoms with van der Waals surface area (Å²) in [5.74, 6) is 0.0938. The van der Waals surface area contributed by atoms with E-state index in [-0.39, 0.29) is 11.6 Å². The topological polar surface area (TPSA) is 129 Å². The van der Waals surface area contributed by atoms with Crippen LogP contribution in [0.1, 0.15) is 51.4 Å². The summed E-state index contributed by atoms with van der Waals surface area (Å²) in [6.45, 7) is 4.50. The third-order valence-electron chi connectivity index (χ3n) is 6.21. The van der Waals surface area contributed by atoms with Crippen molar-refractivity contribution in [2.45, 2.75) is 62.9 Å². The van der Waals surface area contributed by atoms with E-state index in [0.717, 1.165) is 25.9 Å². The first kappa shape index (κ1) is 26.0. The molecule has 2 saturated heterocycles. The highest BCUT2D eigenvalue weighted by molar-refractivity contribution is 7.79. The second-order valence-corrected chi connectivity index (χ2v) is 9.07. The van der Waals surface area contributed by atoms with Crippen molar-refractivity contribution in [3.63, 3.8) is 0 Å². The van der Waals surface area contributed by atoms with Gasteiger partial charge in [-0.05, 0) is 77.9 Å². The predicted octanol–water partition coefficient (Wildman–Crippen LogP) is 1.05. The first-order valence-corrected chi connectivity index (χ1v) is 12.6. The van der Waals surface area contributed by atoms with Crippen LogP contribution in [0, 0.1) is 0 Å². The van der Waals surface area contributed by atoms with Crippen LogP contribution >= 0.6 is 0 Å². The van der Waals surface area contributed by atoms with Crippen molar-refractivity contribution in [1.29, 1.82) is 0 Å². The molecule has 0 saturated carbocycles. The number of nitrogens with one attached hydrogen (secondary N) is 4. The van der Waals surface area contributed by atoms with Crippen LogP contribution < -0.4 is 21.3 Å². The quantitative estimate of drug-likeness (QED) is 0.333. The van der Waals surface area contributed by atoms with Crippen LogP contribution in [0.3, 0.4) is 0 Å². The number of hydrogen-bond donors (Lipinski definition) is 6. The summed E-state index contributed by atoms with van der Waals surface area (Å²) in [5.41, 5.74) is 0. The zero-order valence-electron chi connectivity index (χ0n) is 18.8. The van der Waals surface area contributed by atoms with Gasteiger partial charge in [-0.2, -0.15) is 8.42 Å². The minimum Gasteiger partial charge on any atom is -0.348 e. The van der Waals surface area contributed by atoms with Gasteiger partial charge in [0, 0.05) is 26.2 Å². The highest BCUT2D eigenvalue weighted by Gasteiger charge is 2.36. The maximum Gasteiger partial charge on any atom is 0.394 e.